The summed E-state index contributed by atoms with van der Waals surface area (Å²) in [7, 11) is 1.77. The summed E-state index contributed by atoms with van der Waals surface area (Å²) in [6.07, 6.45) is 3.93. The average molecular weight is 332 g/mol. The van der Waals surface area contributed by atoms with Crippen molar-refractivity contribution in [1.29, 1.82) is 0 Å². The SMILES string of the molecule is Cc1noc(C)c1CN1C(=O)CC[C@H](C(=O)O)[C@H]1c1cnn(C)c1. The van der Waals surface area contributed by atoms with Gasteiger partial charge in [-0.3, -0.25) is 14.3 Å². The Labute approximate surface area is 139 Å². The summed E-state index contributed by atoms with van der Waals surface area (Å²) >= 11 is 0. The minimum absolute atomic E-state index is 0.0682. The van der Waals surface area contributed by atoms with Crippen LogP contribution in [0.2, 0.25) is 0 Å². The molecule has 1 aliphatic heterocycles. The van der Waals surface area contributed by atoms with Crippen LogP contribution in [-0.4, -0.2) is 36.8 Å². The number of rotatable bonds is 4. The first-order valence-electron chi connectivity index (χ1n) is 7.81. The number of carbonyl (C=O) groups excluding carboxylic acids is 1. The number of carboxylic acid groups (broad SMARTS) is 1. The van der Waals surface area contributed by atoms with Crippen molar-refractivity contribution in [3.8, 4) is 0 Å². The molecule has 1 N–H and O–H groups in total. The third-order valence-corrected chi connectivity index (χ3v) is 4.60. The number of aromatic nitrogens is 3. The van der Waals surface area contributed by atoms with E-state index < -0.39 is 17.9 Å². The molecule has 3 heterocycles. The Hall–Kier alpha value is -2.64. The summed E-state index contributed by atoms with van der Waals surface area (Å²) < 4.78 is 6.78. The number of aliphatic carboxylic acids is 1. The van der Waals surface area contributed by atoms with Crippen molar-refractivity contribution in [3.05, 3.63) is 35.0 Å². The molecule has 2 aromatic heterocycles. The third-order valence-electron chi connectivity index (χ3n) is 4.60. The molecule has 3 rings (SSSR count). The summed E-state index contributed by atoms with van der Waals surface area (Å²) in [5.41, 5.74) is 2.26. The highest BCUT2D eigenvalue weighted by Crippen LogP contribution is 2.38. The number of nitrogens with zero attached hydrogens (tertiary/aromatic N) is 4. The van der Waals surface area contributed by atoms with Gasteiger partial charge in [-0.05, 0) is 20.3 Å². The Kier molecular flexibility index (Phi) is 4.13. The van der Waals surface area contributed by atoms with Gasteiger partial charge in [0.25, 0.3) is 0 Å². The van der Waals surface area contributed by atoms with Crippen LogP contribution in [0, 0.1) is 19.8 Å². The molecule has 0 radical (unpaired) electrons. The van der Waals surface area contributed by atoms with Gasteiger partial charge in [0.2, 0.25) is 5.91 Å². The first kappa shape index (κ1) is 16.2. The Balaban J connectivity index is 2.01. The van der Waals surface area contributed by atoms with E-state index >= 15 is 0 Å². The van der Waals surface area contributed by atoms with E-state index in [1.165, 1.54) is 0 Å². The molecule has 0 saturated carbocycles. The lowest BCUT2D eigenvalue weighted by molar-refractivity contribution is -0.152. The van der Waals surface area contributed by atoms with E-state index in [2.05, 4.69) is 10.3 Å². The zero-order valence-corrected chi connectivity index (χ0v) is 13.9. The zero-order valence-electron chi connectivity index (χ0n) is 13.9. The first-order valence-corrected chi connectivity index (χ1v) is 7.81. The molecule has 1 amide bonds. The molecule has 0 unspecified atom stereocenters. The predicted molar refractivity (Wildman–Crippen MR) is 82.8 cm³/mol. The average Bonchev–Trinajstić information content (AvgIpc) is 3.08. The monoisotopic (exact) mass is 332 g/mol. The van der Waals surface area contributed by atoms with Crippen LogP contribution >= 0.6 is 0 Å². The van der Waals surface area contributed by atoms with Gasteiger partial charge in [-0.25, -0.2) is 0 Å². The number of aryl methyl sites for hydroxylation is 3. The van der Waals surface area contributed by atoms with E-state index in [0.29, 0.717) is 17.9 Å². The fourth-order valence-corrected chi connectivity index (χ4v) is 3.30. The maximum atomic E-state index is 12.6. The van der Waals surface area contributed by atoms with E-state index in [4.69, 9.17) is 4.52 Å². The summed E-state index contributed by atoms with van der Waals surface area (Å²) in [6.45, 7) is 3.88. The van der Waals surface area contributed by atoms with Gasteiger partial charge in [-0.2, -0.15) is 5.10 Å². The zero-order chi connectivity index (χ0) is 17.4. The number of piperidine rings is 1. The summed E-state index contributed by atoms with van der Waals surface area (Å²) in [6, 6.07) is -0.550. The van der Waals surface area contributed by atoms with Crippen molar-refractivity contribution in [1.82, 2.24) is 19.8 Å². The molecule has 2 atom stereocenters. The van der Waals surface area contributed by atoms with Crippen LogP contribution in [0.1, 0.15) is 41.5 Å². The quantitative estimate of drug-likeness (QED) is 0.912. The van der Waals surface area contributed by atoms with Crippen LogP contribution in [-0.2, 0) is 23.2 Å². The Morgan fingerprint density at radius 2 is 2.21 bits per heavy atom. The van der Waals surface area contributed by atoms with E-state index in [-0.39, 0.29) is 18.9 Å². The Bertz CT molecular complexity index is 759. The van der Waals surface area contributed by atoms with Crippen LogP contribution in [0.3, 0.4) is 0 Å². The van der Waals surface area contributed by atoms with E-state index in [1.54, 1.807) is 35.9 Å². The lowest BCUT2D eigenvalue weighted by atomic mass is 9.85. The van der Waals surface area contributed by atoms with Crippen LogP contribution in [0.15, 0.2) is 16.9 Å². The molecule has 8 heteroatoms. The van der Waals surface area contributed by atoms with Gasteiger partial charge in [0, 0.05) is 30.8 Å². The molecule has 0 spiro atoms. The van der Waals surface area contributed by atoms with E-state index in [9.17, 15) is 14.7 Å². The molecule has 24 heavy (non-hydrogen) atoms. The van der Waals surface area contributed by atoms with Crippen LogP contribution < -0.4 is 0 Å². The molecular formula is C16H20N4O4. The summed E-state index contributed by atoms with van der Waals surface area (Å²) in [5.74, 6) is -0.989. The third kappa shape index (κ3) is 2.79. The highest BCUT2D eigenvalue weighted by Gasteiger charge is 2.41. The van der Waals surface area contributed by atoms with Crippen LogP contribution in [0.25, 0.3) is 0 Å². The number of hydrogen-bond donors (Lipinski definition) is 1. The fraction of sp³-hybridized carbons (Fsp3) is 0.500. The highest BCUT2D eigenvalue weighted by molar-refractivity contribution is 5.81. The van der Waals surface area contributed by atoms with E-state index in [0.717, 1.165) is 11.1 Å². The normalized spacial score (nSPS) is 21.3. The molecule has 0 aliphatic carbocycles. The van der Waals surface area contributed by atoms with Gasteiger partial charge >= 0.3 is 5.97 Å². The molecule has 0 aromatic carbocycles. The van der Waals surface area contributed by atoms with Crippen molar-refractivity contribution in [2.24, 2.45) is 13.0 Å². The largest absolute Gasteiger partial charge is 0.481 e. The number of carbonyl (C=O) groups is 2. The molecular weight excluding hydrogens is 312 g/mol. The minimum Gasteiger partial charge on any atom is -0.481 e. The molecule has 1 saturated heterocycles. The minimum atomic E-state index is -0.903. The van der Waals surface area contributed by atoms with Gasteiger partial charge in [-0.15, -0.1) is 0 Å². The van der Waals surface area contributed by atoms with Gasteiger partial charge in [-0.1, -0.05) is 5.16 Å². The number of amides is 1. The smallest absolute Gasteiger partial charge is 0.308 e. The van der Waals surface area contributed by atoms with Crippen molar-refractivity contribution >= 4 is 11.9 Å². The molecule has 1 fully saturated rings. The van der Waals surface area contributed by atoms with Gasteiger partial charge in [0.05, 0.1) is 30.4 Å². The highest BCUT2D eigenvalue weighted by atomic mass is 16.5. The number of carboxylic acids is 1. The molecule has 128 valence electrons. The van der Waals surface area contributed by atoms with Crippen LogP contribution in [0.4, 0.5) is 0 Å². The standard InChI is InChI=1S/C16H20N4O4/c1-9-13(10(2)24-18-9)8-20-14(21)5-4-12(16(22)23)15(20)11-6-17-19(3)7-11/h6-7,12,15H,4-5,8H2,1-3H3,(H,22,23)/t12-,15+/m0/s1. The molecule has 8 nitrogen and oxygen atoms in total. The summed E-state index contributed by atoms with van der Waals surface area (Å²) in [5, 5.41) is 17.7. The molecule has 0 bridgehead atoms. The predicted octanol–water partition coefficient (Wildman–Crippen LogP) is 1.59. The Morgan fingerprint density at radius 3 is 2.75 bits per heavy atom. The van der Waals surface area contributed by atoms with Gasteiger partial charge in [0.15, 0.2) is 0 Å². The van der Waals surface area contributed by atoms with Crippen molar-refractivity contribution in [3.63, 3.8) is 0 Å². The molecule has 2 aromatic rings. The fourth-order valence-electron chi connectivity index (χ4n) is 3.30. The Morgan fingerprint density at radius 1 is 1.46 bits per heavy atom. The van der Waals surface area contributed by atoms with Gasteiger partial charge in [0.1, 0.15) is 5.76 Å². The van der Waals surface area contributed by atoms with Crippen LogP contribution in [0.5, 0.6) is 0 Å². The lowest BCUT2D eigenvalue weighted by Crippen LogP contribution is -2.44. The lowest BCUT2D eigenvalue weighted by Gasteiger charge is -2.39. The van der Waals surface area contributed by atoms with Gasteiger partial charge < -0.3 is 14.5 Å². The second-order valence-corrected chi connectivity index (χ2v) is 6.20. The number of hydrogen-bond acceptors (Lipinski definition) is 5. The van der Waals surface area contributed by atoms with E-state index in [1.807, 2.05) is 6.92 Å². The van der Waals surface area contributed by atoms with Crippen molar-refractivity contribution < 1.29 is 19.2 Å². The maximum absolute atomic E-state index is 12.6. The first-order chi connectivity index (χ1) is 11.4. The van der Waals surface area contributed by atoms with Crippen molar-refractivity contribution in [2.45, 2.75) is 39.3 Å². The topological polar surface area (TPSA) is 101 Å². The second-order valence-electron chi connectivity index (χ2n) is 6.20. The maximum Gasteiger partial charge on any atom is 0.308 e. The van der Waals surface area contributed by atoms with Crippen molar-refractivity contribution in [2.75, 3.05) is 0 Å². The molecule has 1 aliphatic rings. The second kappa shape index (κ2) is 6.10. The number of likely N-dealkylation sites (tertiary alicyclic amines) is 1. The summed E-state index contributed by atoms with van der Waals surface area (Å²) in [4.78, 5) is 25.9.